The van der Waals surface area contributed by atoms with Gasteiger partial charge in [0.25, 0.3) is 0 Å². The van der Waals surface area contributed by atoms with Gasteiger partial charge in [-0.15, -0.1) is 0 Å². The molecule has 0 unspecified atom stereocenters. The van der Waals surface area contributed by atoms with E-state index in [-0.39, 0.29) is 0 Å². The van der Waals surface area contributed by atoms with Crippen LogP contribution in [0.2, 0.25) is 0 Å². The Kier molecular flexibility index (Phi) is 9.06. The first-order valence-corrected chi connectivity index (χ1v) is 20.3. The van der Waals surface area contributed by atoms with Crippen LogP contribution in [0, 0.1) is 0 Å². The average Bonchev–Trinajstić information content (AvgIpc) is 3.69. The summed E-state index contributed by atoms with van der Waals surface area (Å²) in [4.78, 5) is 25.8. The summed E-state index contributed by atoms with van der Waals surface area (Å²) in [5.74, 6) is 3.24. The van der Waals surface area contributed by atoms with Crippen LogP contribution in [0.5, 0.6) is 0 Å². The van der Waals surface area contributed by atoms with E-state index in [1.54, 1.807) is 0 Å². The molecule has 0 fully saturated rings. The summed E-state index contributed by atoms with van der Waals surface area (Å²) in [7, 11) is 0. The van der Waals surface area contributed by atoms with E-state index in [2.05, 4.69) is 199 Å². The van der Waals surface area contributed by atoms with E-state index in [1.165, 1.54) is 0 Å². The van der Waals surface area contributed by atoms with E-state index >= 15 is 0 Å². The van der Waals surface area contributed by atoms with Gasteiger partial charge in [0, 0.05) is 38.6 Å². The van der Waals surface area contributed by atoms with Gasteiger partial charge in [-0.05, 0) is 27.8 Å². The maximum Gasteiger partial charge on any atom is 0.164 e. The molecule has 0 N–H and O–H groups in total. The second-order valence-corrected chi connectivity index (χ2v) is 14.9. The molecule has 3 heterocycles. The maximum absolute atomic E-state index is 5.30. The third-order valence-corrected chi connectivity index (χ3v) is 11.1. The molecule has 0 amide bonds. The minimum absolute atomic E-state index is 0.581. The molecular weight excluding hydrogens is 745 g/mol. The number of hydrogen-bond donors (Lipinski definition) is 0. The molecule has 61 heavy (non-hydrogen) atoms. The molecule has 0 bridgehead atoms. The van der Waals surface area contributed by atoms with Crippen LogP contribution in [-0.2, 0) is 0 Å². The largest absolute Gasteiger partial charge is 0.277 e. The fourth-order valence-corrected chi connectivity index (χ4v) is 8.03. The van der Waals surface area contributed by atoms with Gasteiger partial charge in [-0.3, -0.25) is 4.40 Å². The Morgan fingerprint density at radius 3 is 0.967 bits per heavy atom. The van der Waals surface area contributed by atoms with Gasteiger partial charge < -0.3 is 0 Å². The highest BCUT2D eigenvalue weighted by Crippen LogP contribution is 2.38. The monoisotopic (exact) mass is 780 g/mol. The molecule has 0 atom stereocenters. The summed E-state index contributed by atoms with van der Waals surface area (Å²) < 4.78 is 2.21. The van der Waals surface area contributed by atoms with Gasteiger partial charge in [-0.25, -0.2) is 24.9 Å². The summed E-state index contributed by atoms with van der Waals surface area (Å²) >= 11 is 0. The van der Waals surface area contributed by atoms with Crippen LogP contribution in [0.4, 0.5) is 0 Å². The molecule has 6 heteroatoms. The lowest BCUT2D eigenvalue weighted by molar-refractivity contribution is 1.05. The Labute approximate surface area is 353 Å². The molecule has 0 spiro atoms. The second-order valence-electron chi connectivity index (χ2n) is 14.9. The van der Waals surface area contributed by atoms with Crippen LogP contribution in [0.25, 0.3) is 107 Å². The number of rotatable bonds is 8. The van der Waals surface area contributed by atoms with Crippen molar-refractivity contribution in [1.29, 1.82) is 0 Å². The molecule has 0 aliphatic carbocycles. The predicted octanol–water partition coefficient (Wildman–Crippen LogP) is 13.4. The number of aromatic nitrogens is 6. The Balaban J connectivity index is 1.02. The Bertz CT molecular complexity index is 3190. The van der Waals surface area contributed by atoms with Crippen LogP contribution in [0.1, 0.15) is 0 Å². The zero-order chi connectivity index (χ0) is 40.5. The van der Waals surface area contributed by atoms with Gasteiger partial charge in [-0.1, -0.05) is 218 Å². The molecular formula is C55H36N6. The summed E-state index contributed by atoms with van der Waals surface area (Å²) in [5, 5.41) is 2.19. The molecule has 0 saturated heterocycles. The van der Waals surface area contributed by atoms with E-state index in [0.717, 1.165) is 83.6 Å². The Morgan fingerprint density at radius 1 is 0.230 bits per heavy atom. The van der Waals surface area contributed by atoms with Crippen molar-refractivity contribution in [2.75, 3.05) is 0 Å². The van der Waals surface area contributed by atoms with Crippen LogP contribution in [0.15, 0.2) is 218 Å². The molecule has 11 aromatic rings. The third-order valence-electron chi connectivity index (χ3n) is 11.1. The summed E-state index contributed by atoms with van der Waals surface area (Å²) in [5.41, 5.74) is 12.2. The van der Waals surface area contributed by atoms with E-state index in [0.29, 0.717) is 23.3 Å². The highest BCUT2D eigenvalue weighted by molar-refractivity contribution is 6.06. The first-order chi connectivity index (χ1) is 30.2. The van der Waals surface area contributed by atoms with Crippen LogP contribution < -0.4 is 0 Å². The quantitative estimate of drug-likeness (QED) is 0.154. The van der Waals surface area contributed by atoms with Crippen LogP contribution in [0.3, 0.4) is 0 Å². The lowest BCUT2D eigenvalue weighted by Gasteiger charge is -2.12. The molecule has 0 aliphatic heterocycles. The predicted molar refractivity (Wildman–Crippen MR) is 247 cm³/mol. The van der Waals surface area contributed by atoms with Gasteiger partial charge in [0.05, 0.1) is 5.69 Å². The van der Waals surface area contributed by atoms with Gasteiger partial charge in [0.2, 0.25) is 0 Å². The van der Waals surface area contributed by atoms with Crippen LogP contribution >= 0.6 is 0 Å². The van der Waals surface area contributed by atoms with Crippen molar-refractivity contribution in [3.63, 3.8) is 0 Å². The van der Waals surface area contributed by atoms with E-state index < -0.39 is 0 Å². The molecule has 6 nitrogen and oxygen atoms in total. The lowest BCUT2D eigenvalue weighted by Crippen LogP contribution is -2.03. The number of fused-ring (bicyclic) bond motifs is 3. The van der Waals surface area contributed by atoms with Gasteiger partial charge in [-0.2, -0.15) is 0 Å². The van der Waals surface area contributed by atoms with E-state index in [9.17, 15) is 0 Å². The fraction of sp³-hybridized carbons (Fsp3) is 0. The molecule has 3 aromatic heterocycles. The number of nitrogens with zero attached hydrogens (tertiary/aromatic N) is 6. The SMILES string of the molecule is c1ccc(-c2ccc(-c3nc(-c4ccc(-c5ccccc5)cc4)nc(-c4ccc(-c5nc(-c6ccccc6)n6c(-c7ccccc7)c7ccccc7c6n5)cc4)n3)cc2)cc1. The van der Waals surface area contributed by atoms with E-state index in [4.69, 9.17) is 24.9 Å². The summed E-state index contributed by atoms with van der Waals surface area (Å²) in [6.07, 6.45) is 0. The summed E-state index contributed by atoms with van der Waals surface area (Å²) in [6.45, 7) is 0. The van der Waals surface area contributed by atoms with Gasteiger partial charge in [0.1, 0.15) is 11.5 Å². The Morgan fingerprint density at radius 2 is 0.541 bits per heavy atom. The van der Waals surface area contributed by atoms with Crippen molar-refractivity contribution >= 4 is 16.4 Å². The van der Waals surface area contributed by atoms with Gasteiger partial charge >= 0.3 is 0 Å². The first-order valence-electron chi connectivity index (χ1n) is 20.3. The minimum Gasteiger partial charge on any atom is -0.277 e. The highest BCUT2D eigenvalue weighted by atomic mass is 15.1. The molecule has 11 rings (SSSR count). The molecule has 0 aliphatic rings. The van der Waals surface area contributed by atoms with Crippen molar-refractivity contribution in [1.82, 2.24) is 29.3 Å². The molecule has 8 aromatic carbocycles. The molecule has 0 radical (unpaired) electrons. The van der Waals surface area contributed by atoms with Crippen LogP contribution in [-0.4, -0.2) is 29.3 Å². The average molecular weight is 781 g/mol. The topological polar surface area (TPSA) is 68.9 Å². The zero-order valence-corrected chi connectivity index (χ0v) is 33.0. The fourth-order valence-electron chi connectivity index (χ4n) is 8.03. The normalized spacial score (nSPS) is 11.3. The number of hydrogen-bond acceptors (Lipinski definition) is 5. The van der Waals surface area contributed by atoms with Crippen molar-refractivity contribution in [3.05, 3.63) is 218 Å². The standard InChI is InChI=1S/C55H36N6/c1-5-15-37(16-6-1)39-25-29-42(30-26-39)50-56-51(43-31-27-40(28-32-43)38-17-7-2-8-18-38)58-52(57-50)44-33-35-45(36-34-44)53-59-54(46-21-11-4-12-22-46)61-49(41-19-9-3-10-20-41)47-23-13-14-24-48(47)55(61)60-53/h1-36H. The molecule has 0 saturated carbocycles. The van der Waals surface area contributed by atoms with Crippen molar-refractivity contribution < 1.29 is 0 Å². The Hall–Kier alpha value is -8.35. The minimum atomic E-state index is 0.581. The number of benzene rings is 8. The lowest BCUT2D eigenvalue weighted by atomic mass is 10.0. The summed E-state index contributed by atoms with van der Waals surface area (Å²) in [6, 6.07) is 75.1. The van der Waals surface area contributed by atoms with E-state index in [1.807, 2.05) is 24.3 Å². The smallest absolute Gasteiger partial charge is 0.164 e. The van der Waals surface area contributed by atoms with Crippen molar-refractivity contribution in [2.45, 2.75) is 0 Å². The molecule has 286 valence electrons. The van der Waals surface area contributed by atoms with Crippen molar-refractivity contribution in [3.8, 4) is 90.5 Å². The maximum atomic E-state index is 5.30. The zero-order valence-electron chi connectivity index (χ0n) is 33.0. The second kappa shape index (κ2) is 15.4. The van der Waals surface area contributed by atoms with Crippen molar-refractivity contribution in [2.24, 2.45) is 0 Å². The van der Waals surface area contributed by atoms with Gasteiger partial charge in [0.15, 0.2) is 23.3 Å². The highest BCUT2D eigenvalue weighted by Gasteiger charge is 2.21. The third kappa shape index (κ3) is 6.82. The first kappa shape index (κ1) is 35.8.